The van der Waals surface area contributed by atoms with E-state index >= 15 is 0 Å². The second-order valence-corrected chi connectivity index (χ2v) is 11.9. The molecule has 11 heteroatoms. The molecule has 1 amide bonds. The Bertz CT molecular complexity index is 1270. The number of anilines is 2. The summed E-state index contributed by atoms with van der Waals surface area (Å²) in [4.78, 5) is 13.2. The van der Waals surface area contributed by atoms with Crippen LogP contribution in [0.1, 0.15) is 31.7 Å². The molecular weight excluding hydrogens is 474 g/mol. The van der Waals surface area contributed by atoms with Gasteiger partial charge in [-0.2, -0.15) is 4.31 Å². The van der Waals surface area contributed by atoms with E-state index in [4.69, 9.17) is 11.6 Å². The predicted molar refractivity (Wildman–Crippen MR) is 123 cm³/mol. The Morgan fingerprint density at radius 2 is 1.69 bits per heavy atom. The minimum Gasteiger partial charge on any atom is -0.312 e. The highest BCUT2D eigenvalue weighted by molar-refractivity contribution is 7.92. The molecule has 32 heavy (non-hydrogen) atoms. The number of nitrogens with zero attached hydrogens (tertiary/aromatic N) is 2. The lowest BCUT2D eigenvalue weighted by Crippen LogP contribution is -2.35. The van der Waals surface area contributed by atoms with E-state index < -0.39 is 20.0 Å². The van der Waals surface area contributed by atoms with Gasteiger partial charge in [0.2, 0.25) is 15.9 Å². The molecule has 0 spiro atoms. The average molecular weight is 498 g/mol. The van der Waals surface area contributed by atoms with E-state index in [1.54, 1.807) is 17.0 Å². The van der Waals surface area contributed by atoms with E-state index in [9.17, 15) is 21.6 Å². The summed E-state index contributed by atoms with van der Waals surface area (Å²) in [5, 5.41) is 0.0420. The molecule has 172 valence electrons. The van der Waals surface area contributed by atoms with Crippen LogP contribution >= 0.6 is 11.6 Å². The first-order valence-corrected chi connectivity index (χ1v) is 13.6. The quantitative estimate of drug-likeness (QED) is 0.683. The Morgan fingerprint density at radius 1 is 0.969 bits per heavy atom. The minimum absolute atomic E-state index is 0.0389. The van der Waals surface area contributed by atoms with Gasteiger partial charge in [-0.1, -0.05) is 18.0 Å². The summed E-state index contributed by atoms with van der Waals surface area (Å²) >= 11 is 6.18. The highest BCUT2D eigenvalue weighted by atomic mass is 35.5. The summed E-state index contributed by atoms with van der Waals surface area (Å²) in [6.07, 6.45) is 3.10. The van der Waals surface area contributed by atoms with Crippen molar-refractivity contribution in [2.24, 2.45) is 0 Å². The molecule has 0 aromatic heterocycles. The number of nitrogens with one attached hydrogen (secondary N) is 1. The summed E-state index contributed by atoms with van der Waals surface area (Å²) in [5.41, 5.74) is 1.58. The number of hydrogen-bond acceptors (Lipinski definition) is 5. The van der Waals surface area contributed by atoms with Crippen LogP contribution in [0.5, 0.6) is 0 Å². The van der Waals surface area contributed by atoms with Crippen molar-refractivity contribution in [3.8, 4) is 0 Å². The number of amides is 1. The van der Waals surface area contributed by atoms with Crippen molar-refractivity contribution in [1.82, 2.24) is 4.31 Å². The van der Waals surface area contributed by atoms with Gasteiger partial charge in [0.15, 0.2) is 0 Å². The highest BCUT2D eigenvalue weighted by Gasteiger charge is 2.29. The third-order valence-electron chi connectivity index (χ3n) is 5.75. The zero-order valence-electron chi connectivity index (χ0n) is 17.5. The molecule has 0 aliphatic carbocycles. The minimum atomic E-state index is -3.98. The van der Waals surface area contributed by atoms with Gasteiger partial charge in [-0.15, -0.1) is 0 Å². The maximum absolute atomic E-state index is 13.0. The number of benzene rings is 2. The smallest absolute Gasteiger partial charge is 0.261 e. The molecule has 0 saturated carbocycles. The van der Waals surface area contributed by atoms with Crippen molar-refractivity contribution < 1.29 is 21.6 Å². The van der Waals surface area contributed by atoms with Crippen LogP contribution in [0.4, 0.5) is 11.4 Å². The fourth-order valence-corrected chi connectivity index (χ4v) is 7.21. The molecule has 2 aliphatic rings. The van der Waals surface area contributed by atoms with Gasteiger partial charge in [0.05, 0.1) is 15.6 Å². The van der Waals surface area contributed by atoms with Crippen molar-refractivity contribution in [2.75, 3.05) is 29.3 Å². The van der Waals surface area contributed by atoms with Crippen molar-refractivity contribution >= 4 is 48.9 Å². The molecule has 0 bridgehead atoms. The number of carbonyl (C=O) groups excluding carboxylic acids is 1. The topological polar surface area (TPSA) is 104 Å². The van der Waals surface area contributed by atoms with E-state index in [0.29, 0.717) is 31.7 Å². The van der Waals surface area contributed by atoms with Gasteiger partial charge in [0.1, 0.15) is 4.90 Å². The molecule has 1 saturated heterocycles. The normalized spacial score (nSPS) is 17.2. The van der Waals surface area contributed by atoms with E-state index in [-0.39, 0.29) is 26.4 Å². The molecule has 0 unspecified atom stereocenters. The molecule has 0 atom stereocenters. The van der Waals surface area contributed by atoms with Gasteiger partial charge in [0, 0.05) is 32.2 Å². The van der Waals surface area contributed by atoms with Gasteiger partial charge in [-0.3, -0.25) is 9.52 Å². The van der Waals surface area contributed by atoms with Crippen LogP contribution in [-0.4, -0.2) is 46.7 Å². The molecule has 0 radical (unpaired) electrons. The van der Waals surface area contributed by atoms with E-state index in [1.165, 1.54) is 35.5 Å². The first kappa shape index (κ1) is 23.0. The number of sulfonamides is 2. The summed E-state index contributed by atoms with van der Waals surface area (Å²) in [5.74, 6) is -0.0962. The molecule has 2 aromatic rings. The number of rotatable bonds is 5. The molecule has 2 aliphatic heterocycles. The van der Waals surface area contributed by atoms with Gasteiger partial charge in [-0.25, -0.2) is 16.8 Å². The molecule has 2 aromatic carbocycles. The first-order chi connectivity index (χ1) is 15.1. The summed E-state index contributed by atoms with van der Waals surface area (Å²) < 4.78 is 55.9. The molecule has 1 fully saturated rings. The molecule has 8 nitrogen and oxygen atoms in total. The zero-order chi connectivity index (χ0) is 23.1. The predicted octanol–water partition coefficient (Wildman–Crippen LogP) is 3.22. The molecular formula is C21H24ClN3O5S2. The van der Waals surface area contributed by atoms with Crippen LogP contribution < -0.4 is 9.62 Å². The number of halogens is 1. The summed E-state index contributed by atoms with van der Waals surface area (Å²) in [6.45, 7) is 2.82. The third-order valence-corrected chi connectivity index (χ3v) is 9.51. The van der Waals surface area contributed by atoms with Crippen LogP contribution in [-0.2, 0) is 31.3 Å². The van der Waals surface area contributed by atoms with Crippen molar-refractivity contribution in [3.63, 3.8) is 0 Å². The Kier molecular flexibility index (Phi) is 6.23. The molecule has 2 heterocycles. The maximum Gasteiger partial charge on any atom is 0.261 e. The number of piperidine rings is 1. The monoisotopic (exact) mass is 497 g/mol. The third kappa shape index (κ3) is 4.36. The molecule has 4 rings (SSSR count). The van der Waals surface area contributed by atoms with Gasteiger partial charge in [0.25, 0.3) is 10.0 Å². The van der Waals surface area contributed by atoms with Crippen molar-refractivity contribution in [1.29, 1.82) is 0 Å². The van der Waals surface area contributed by atoms with Gasteiger partial charge in [-0.05, 0) is 61.2 Å². The SMILES string of the molecule is CC(=O)N1CCc2cc(S(=O)(=O)Nc3ccc(Cl)c(S(=O)(=O)N4CCCCC4)c3)ccc21. The van der Waals surface area contributed by atoms with Crippen LogP contribution in [0.2, 0.25) is 5.02 Å². The zero-order valence-corrected chi connectivity index (χ0v) is 19.9. The Morgan fingerprint density at radius 3 is 2.38 bits per heavy atom. The Labute approximate surface area is 193 Å². The number of fused-ring (bicyclic) bond motifs is 1. The van der Waals surface area contributed by atoms with E-state index in [0.717, 1.165) is 24.8 Å². The van der Waals surface area contributed by atoms with Gasteiger partial charge < -0.3 is 4.90 Å². The summed E-state index contributed by atoms with van der Waals surface area (Å²) in [6, 6.07) is 8.66. The van der Waals surface area contributed by atoms with Crippen LogP contribution in [0.15, 0.2) is 46.2 Å². The second-order valence-electron chi connectivity index (χ2n) is 7.93. The number of carbonyl (C=O) groups is 1. The Hall–Kier alpha value is -2.14. The van der Waals surface area contributed by atoms with Crippen LogP contribution in [0, 0.1) is 0 Å². The van der Waals surface area contributed by atoms with Gasteiger partial charge >= 0.3 is 0 Å². The van der Waals surface area contributed by atoms with Crippen molar-refractivity contribution in [2.45, 2.75) is 42.4 Å². The molecule has 1 N–H and O–H groups in total. The van der Waals surface area contributed by atoms with Crippen LogP contribution in [0.3, 0.4) is 0 Å². The van der Waals surface area contributed by atoms with Crippen molar-refractivity contribution in [3.05, 3.63) is 47.0 Å². The van der Waals surface area contributed by atoms with E-state index in [1.807, 2.05) is 0 Å². The standard InChI is InChI=1S/C21H24ClN3O5S2/c1-15(26)25-12-9-16-13-18(6-8-20(16)25)31(27,28)23-17-5-7-19(22)21(14-17)32(29,30)24-10-3-2-4-11-24/h5-8,13-14,23H,2-4,9-12H2,1H3. The highest BCUT2D eigenvalue weighted by Crippen LogP contribution is 2.32. The van der Waals surface area contributed by atoms with E-state index in [2.05, 4.69) is 4.72 Å². The lowest BCUT2D eigenvalue weighted by Gasteiger charge is -2.26. The Balaban J connectivity index is 1.62. The fourth-order valence-electron chi connectivity index (χ4n) is 4.10. The lowest BCUT2D eigenvalue weighted by molar-refractivity contribution is -0.116. The summed E-state index contributed by atoms with van der Waals surface area (Å²) in [7, 11) is -7.81. The average Bonchev–Trinajstić information content (AvgIpc) is 3.19. The van der Waals surface area contributed by atoms with Crippen LogP contribution in [0.25, 0.3) is 0 Å². The fraction of sp³-hybridized carbons (Fsp3) is 0.381. The maximum atomic E-state index is 13.0. The number of hydrogen-bond donors (Lipinski definition) is 1. The largest absolute Gasteiger partial charge is 0.312 e. The lowest BCUT2D eigenvalue weighted by atomic mass is 10.2. The first-order valence-electron chi connectivity index (χ1n) is 10.3. The second kappa shape index (κ2) is 8.66.